The van der Waals surface area contributed by atoms with Crippen molar-refractivity contribution in [1.82, 2.24) is 20.3 Å². The monoisotopic (exact) mass is 1100 g/mol. The lowest BCUT2D eigenvalue weighted by atomic mass is 9.95. The Balaban J connectivity index is 2.03. The minimum atomic E-state index is -1.98. The van der Waals surface area contributed by atoms with E-state index in [1.165, 1.54) is 172 Å². The van der Waals surface area contributed by atoms with Gasteiger partial charge >= 0.3 is 11.9 Å². The second-order valence-electron chi connectivity index (χ2n) is 21.7. The number of hydrogen-bond acceptors (Lipinski definition) is 14. The minimum absolute atomic E-state index is 0.0795. The fourth-order valence-corrected chi connectivity index (χ4v) is 10.8. The summed E-state index contributed by atoms with van der Waals surface area (Å²) in [6, 6.07) is -1.06. The molecule has 2 amide bonds. The zero-order chi connectivity index (χ0) is 55.3. The van der Waals surface area contributed by atoms with Crippen molar-refractivity contribution in [3.8, 4) is 0 Å². The molecule has 3 unspecified atom stereocenters. The highest BCUT2D eigenvalue weighted by Crippen LogP contribution is 2.31. The van der Waals surface area contributed by atoms with Crippen LogP contribution in [-0.2, 0) is 39.1 Å². The van der Waals surface area contributed by atoms with Crippen molar-refractivity contribution < 1.29 is 53.8 Å². The van der Waals surface area contributed by atoms with Gasteiger partial charge in [0.1, 0.15) is 37.1 Å². The van der Waals surface area contributed by atoms with Crippen molar-refractivity contribution in [2.24, 2.45) is 0 Å². The Bertz CT molecular complexity index is 1610. The lowest BCUT2D eigenvalue weighted by molar-refractivity contribution is -0.287. The molecule has 1 aliphatic heterocycles. The second-order valence-corrected chi connectivity index (χ2v) is 22.8. The maximum absolute atomic E-state index is 14.0. The molecule has 1 aromatic heterocycles. The summed E-state index contributed by atoms with van der Waals surface area (Å²) in [5.74, 6) is -1.41. The van der Waals surface area contributed by atoms with Crippen LogP contribution in [0.2, 0.25) is 0 Å². The third-order valence-corrected chi connectivity index (χ3v) is 15.9. The van der Waals surface area contributed by atoms with Gasteiger partial charge in [-0.1, -0.05) is 238 Å². The number of aliphatic hydroxyl groups is 4. The zero-order valence-corrected chi connectivity index (χ0v) is 48.8. The third kappa shape index (κ3) is 32.3. The van der Waals surface area contributed by atoms with Crippen LogP contribution in [0.3, 0.4) is 0 Å². The van der Waals surface area contributed by atoms with Crippen LogP contribution in [0.4, 0.5) is 5.82 Å². The fraction of sp³-hybridized carbons (Fsp3) is 0.898. The maximum Gasteiger partial charge on any atom is 0.306 e. The molecule has 0 spiro atoms. The van der Waals surface area contributed by atoms with Crippen LogP contribution in [0.15, 0.2) is 6.20 Å². The highest BCUT2D eigenvalue weighted by atomic mass is 32.2. The maximum atomic E-state index is 14.0. The molecule has 6 atom stereocenters. The van der Waals surface area contributed by atoms with E-state index in [0.29, 0.717) is 12.8 Å². The number of thioether (sulfide) groups is 1. The van der Waals surface area contributed by atoms with Gasteiger partial charge in [-0.3, -0.25) is 19.2 Å². The van der Waals surface area contributed by atoms with E-state index in [0.717, 1.165) is 68.9 Å². The van der Waals surface area contributed by atoms with Gasteiger partial charge in [0, 0.05) is 30.8 Å². The summed E-state index contributed by atoms with van der Waals surface area (Å²) in [5, 5.41) is 55.0. The number of amides is 2. The van der Waals surface area contributed by atoms with Crippen LogP contribution in [0.5, 0.6) is 0 Å². The van der Waals surface area contributed by atoms with Gasteiger partial charge in [0.15, 0.2) is 5.82 Å². The molecule has 0 aromatic carbocycles. The smallest absolute Gasteiger partial charge is 0.306 e. The van der Waals surface area contributed by atoms with Gasteiger partial charge in [0.05, 0.1) is 19.4 Å². The molecule has 1 saturated heterocycles. The first-order valence-electron chi connectivity index (χ1n) is 30.8. The number of anilines is 1. The minimum Gasteiger partial charge on any atom is -0.462 e. The molecule has 1 aromatic rings. The molecule has 2 heterocycles. The van der Waals surface area contributed by atoms with Crippen molar-refractivity contribution in [3.05, 3.63) is 6.20 Å². The van der Waals surface area contributed by atoms with E-state index < -0.39 is 55.3 Å². The predicted molar refractivity (Wildman–Crippen MR) is 305 cm³/mol. The van der Waals surface area contributed by atoms with E-state index in [1.807, 2.05) is 0 Å². The fourth-order valence-electron chi connectivity index (χ4n) is 9.76. The molecule has 1 aliphatic rings. The first kappa shape index (κ1) is 69.3. The van der Waals surface area contributed by atoms with Gasteiger partial charge in [-0.2, -0.15) is 11.8 Å². The van der Waals surface area contributed by atoms with Gasteiger partial charge in [0.2, 0.25) is 17.5 Å². The quantitative estimate of drug-likeness (QED) is 0.0263. The molecule has 2 rings (SSSR count). The first-order chi connectivity index (χ1) is 37.0. The average Bonchev–Trinajstić information content (AvgIpc) is 3.88. The Labute approximate surface area is 463 Å². The van der Waals surface area contributed by atoms with Crippen LogP contribution in [-0.4, -0.2) is 121 Å². The molecule has 0 aliphatic carbocycles. The Kier molecular flexibility index (Phi) is 41.9. The number of rotatable bonds is 51. The molecular weight excluding hydrogens is 987 g/mol. The summed E-state index contributed by atoms with van der Waals surface area (Å²) in [6.45, 7) is 5.36. The van der Waals surface area contributed by atoms with Crippen LogP contribution in [0.1, 0.15) is 271 Å². The van der Waals surface area contributed by atoms with Crippen LogP contribution >= 0.6 is 11.8 Å². The molecule has 6 N–H and O–H groups in total. The number of aliphatic hydroxyl groups excluding tert-OH is 4. The van der Waals surface area contributed by atoms with E-state index in [1.54, 1.807) is 0 Å². The van der Waals surface area contributed by atoms with Crippen molar-refractivity contribution in [1.29, 1.82) is 0 Å². The molecule has 1 fully saturated rings. The van der Waals surface area contributed by atoms with E-state index in [2.05, 4.69) is 41.7 Å². The Morgan fingerprint density at radius 2 is 1.05 bits per heavy atom. The van der Waals surface area contributed by atoms with E-state index in [9.17, 15) is 39.6 Å². The number of carbonyl (C=O) groups excluding carboxylic acids is 4. The highest BCUT2D eigenvalue weighted by Gasteiger charge is 2.51. The predicted octanol–water partition coefficient (Wildman–Crippen LogP) is 11.9. The number of ether oxygens (including phenoxy) is 3. The van der Waals surface area contributed by atoms with Gasteiger partial charge in [0.25, 0.3) is 0 Å². The van der Waals surface area contributed by atoms with Gasteiger partial charge in [-0.05, 0) is 19.3 Å². The molecule has 17 heteroatoms. The van der Waals surface area contributed by atoms with Crippen LogP contribution in [0.25, 0.3) is 0 Å². The third-order valence-electron chi connectivity index (χ3n) is 14.7. The number of nitrogens with zero attached hydrogens (tertiary/aromatic N) is 3. The number of aromatic nitrogens is 3. The van der Waals surface area contributed by atoms with E-state index in [-0.39, 0.29) is 61.0 Å². The summed E-state index contributed by atoms with van der Waals surface area (Å²) >= 11 is 1.28. The molecule has 0 radical (unpaired) electrons. The van der Waals surface area contributed by atoms with Gasteiger partial charge in [-0.15, -0.1) is 5.10 Å². The largest absolute Gasteiger partial charge is 0.462 e. The van der Waals surface area contributed by atoms with Gasteiger partial charge < -0.3 is 45.3 Å². The summed E-state index contributed by atoms with van der Waals surface area (Å²) in [7, 11) is 0. The molecule has 0 saturated carbocycles. The Morgan fingerprint density at radius 3 is 1.50 bits per heavy atom. The van der Waals surface area contributed by atoms with Crippen LogP contribution < -0.4 is 10.6 Å². The normalized spacial score (nSPS) is 18.3. The topological polar surface area (TPSA) is 232 Å². The number of esters is 2. The van der Waals surface area contributed by atoms with Crippen LogP contribution in [0, 0.1) is 0 Å². The second kappa shape index (κ2) is 46.0. The lowest BCUT2D eigenvalue weighted by Crippen LogP contribution is -2.63. The lowest BCUT2D eigenvalue weighted by Gasteiger charge is -2.43. The first-order valence-corrected chi connectivity index (χ1v) is 31.9. The summed E-state index contributed by atoms with van der Waals surface area (Å²) in [6.07, 6.45) is 38.7. The summed E-state index contributed by atoms with van der Waals surface area (Å²) in [4.78, 5) is 53.6. The highest BCUT2D eigenvalue weighted by molar-refractivity contribution is 7.99. The molecular formula is C59H109N5O11S. The number of unbranched alkanes of at least 4 members (excludes halogenated alkanes) is 33. The average molecular weight is 1100 g/mol. The Hall–Kier alpha value is -2.83. The summed E-state index contributed by atoms with van der Waals surface area (Å²) < 4.78 is 18.2. The van der Waals surface area contributed by atoms with Crippen molar-refractivity contribution in [2.45, 2.75) is 307 Å². The molecule has 442 valence electrons. The van der Waals surface area contributed by atoms with Crippen molar-refractivity contribution >= 4 is 41.3 Å². The number of carbonyl (C=O) groups is 4. The van der Waals surface area contributed by atoms with E-state index in [4.69, 9.17) is 14.2 Å². The number of nitrogens with one attached hydrogen (secondary N) is 2. The molecule has 16 nitrogen and oxygen atoms in total. The van der Waals surface area contributed by atoms with Gasteiger partial charge in [-0.25, -0.2) is 4.68 Å². The Morgan fingerprint density at radius 1 is 0.632 bits per heavy atom. The van der Waals surface area contributed by atoms with Crippen molar-refractivity contribution in [2.75, 3.05) is 36.6 Å². The SMILES string of the molecule is CCCCCCCCCCCCCCC(=O)N[C@H](CSC[C@@H](COC(=O)CCCCCCCCCCCCCC)OC(=O)CCCCCCCCCCCCCC)C(=O)Nc1cn([C@]2(CO)OCC(O)C(O)C2O)nn1. The molecule has 0 bridgehead atoms. The zero-order valence-electron chi connectivity index (χ0n) is 48.0. The van der Waals surface area contributed by atoms with Crippen molar-refractivity contribution in [3.63, 3.8) is 0 Å². The number of hydrogen-bond donors (Lipinski definition) is 6. The van der Waals surface area contributed by atoms with E-state index >= 15 is 0 Å². The summed E-state index contributed by atoms with van der Waals surface area (Å²) in [5.41, 5.74) is -1.98. The molecule has 76 heavy (non-hydrogen) atoms. The standard InChI is InChI=1S/C59H109N5O11S/c1-4-7-10-13-16-19-22-25-28-31-34-37-40-53(67)60-50(58(72)61-52-43-64(63-62-52)59(48-65)57(71)56(70)51(66)45-74-59)47-76-46-49(75-55(69)42-39-36-33-30-27-24-21-18-15-12-9-6-3)44-73-54(68)41-38-35-32-29-26-23-20-17-14-11-8-5-2/h43,49-51,56-57,65-66,70-71H,4-42,44-48H2,1-3H3,(H,60,67)(H,61,72)/t49-,50-,51?,56?,57?,59-/m1/s1.